The minimum Gasteiger partial charge on any atom is -0.492 e. The van der Waals surface area contributed by atoms with Gasteiger partial charge in [0.2, 0.25) is 5.88 Å². The SMILES string of the molecule is O=c1oc(/C=C2\C=Nc3ccccc32)c(O)n1Cc1cc(C(F)(F)F)cc(C(F)(F)F)c1. The highest BCUT2D eigenvalue weighted by Gasteiger charge is 2.37. The average Bonchev–Trinajstić information content (AvgIpc) is 3.23. The van der Waals surface area contributed by atoms with Crippen molar-refractivity contribution >= 4 is 23.6 Å². The van der Waals surface area contributed by atoms with Crippen LogP contribution in [-0.2, 0) is 18.9 Å². The highest BCUT2D eigenvalue weighted by molar-refractivity contribution is 6.21. The number of fused-ring (bicyclic) bond motifs is 1. The van der Waals surface area contributed by atoms with Gasteiger partial charge in [-0.1, -0.05) is 18.2 Å². The van der Waals surface area contributed by atoms with Crippen LogP contribution in [0.25, 0.3) is 11.6 Å². The van der Waals surface area contributed by atoms with E-state index in [1.165, 1.54) is 12.3 Å². The molecule has 0 fully saturated rings. The summed E-state index contributed by atoms with van der Waals surface area (Å²) in [7, 11) is 0. The molecule has 2 heterocycles. The lowest BCUT2D eigenvalue weighted by atomic mass is 10.0. The average molecular weight is 454 g/mol. The van der Waals surface area contributed by atoms with Gasteiger partial charge >= 0.3 is 18.1 Å². The molecule has 3 aromatic rings. The topological polar surface area (TPSA) is 67.7 Å². The van der Waals surface area contributed by atoms with Gasteiger partial charge in [-0.25, -0.2) is 9.36 Å². The van der Waals surface area contributed by atoms with Crippen LogP contribution in [0.15, 0.2) is 56.7 Å². The van der Waals surface area contributed by atoms with Crippen molar-refractivity contribution in [2.45, 2.75) is 18.9 Å². The summed E-state index contributed by atoms with van der Waals surface area (Å²) in [4.78, 5) is 16.3. The van der Waals surface area contributed by atoms with Crippen molar-refractivity contribution in [3.63, 3.8) is 0 Å². The van der Waals surface area contributed by atoms with Crippen LogP contribution in [0.2, 0.25) is 0 Å². The molecule has 0 radical (unpaired) electrons. The molecule has 0 bridgehead atoms. The Morgan fingerprint density at radius 2 is 1.62 bits per heavy atom. The number of halogens is 6. The Morgan fingerprint density at radius 3 is 2.25 bits per heavy atom. The number of para-hydroxylation sites is 1. The molecule has 0 amide bonds. The smallest absolute Gasteiger partial charge is 0.422 e. The number of nitrogens with zero attached hydrogens (tertiary/aromatic N) is 2. The lowest BCUT2D eigenvalue weighted by Crippen LogP contribution is -2.17. The van der Waals surface area contributed by atoms with Crippen molar-refractivity contribution in [1.82, 2.24) is 4.57 Å². The number of rotatable bonds is 3. The van der Waals surface area contributed by atoms with E-state index in [4.69, 9.17) is 4.42 Å². The molecule has 11 heteroatoms. The lowest BCUT2D eigenvalue weighted by Gasteiger charge is -2.14. The van der Waals surface area contributed by atoms with Crippen molar-refractivity contribution in [2.24, 2.45) is 4.99 Å². The number of allylic oxidation sites excluding steroid dienone is 1. The zero-order chi connectivity index (χ0) is 23.3. The minimum absolute atomic E-state index is 0.0196. The Kier molecular flexibility index (Phi) is 4.99. The van der Waals surface area contributed by atoms with E-state index in [0.717, 1.165) is 0 Å². The van der Waals surface area contributed by atoms with E-state index in [1.54, 1.807) is 24.3 Å². The van der Waals surface area contributed by atoms with Crippen LogP contribution in [0.4, 0.5) is 32.0 Å². The maximum absolute atomic E-state index is 13.1. The number of hydrogen-bond donors (Lipinski definition) is 1. The molecule has 0 spiro atoms. The predicted molar refractivity (Wildman–Crippen MR) is 103 cm³/mol. The van der Waals surface area contributed by atoms with Gasteiger partial charge in [0, 0.05) is 17.4 Å². The zero-order valence-electron chi connectivity index (χ0n) is 15.8. The van der Waals surface area contributed by atoms with Crippen molar-refractivity contribution in [2.75, 3.05) is 0 Å². The number of oxazole rings is 1. The van der Waals surface area contributed by atoms with Crippen LogP contribution >= 0.6 is 0 Å². The molecule has 1 N–H and O–H groups in total. The van der Waals surface area contributed by atoms with Gasteiger partial charge in [0.25, 0.3) is 0 Å². The Morgan fingerprint density at radius 1 is 1.00 bits per heavy atom. The summed E-state index contributed by atoms with van der Waals surface area (Å²) >= 11 is 0. The molecule has 5 nitrogen and oxygen atoms in total. The second-order valence-corrected chi connectivity index (χ2v) is 6.93. The van der Waals surface area contributed by atoms with E-state index in [-0.39, 0.29) is 11.8 Å². The zero-order valence-corrected chi connectivity index (χ0v) is 15.8. The van der Waals surface area contributed by atoms with Gasteiger partial charge in [0.1, 0.15) is 0 Å². The van der Waals surface area contributed by atoms with Gasteiger partial charge in [0.15, 0.2) is 5.76 Å². The fourth-order valence-corrected chi connectivity index (χ4v) is 3.24. The quantitative estimate of drug-likeness (QED) is 0.533. The molecular formula is C21H12F6N2O3. The lowest BCUT2D eigenvalue weighted by molar-refractivity contribution is -0.143. The van der Waals surface area contributed by atoms with Gasteiger partial charge in [-0.2, -0.15) is 26.3 Å². The second kappa shape index (κ2) is 7.43. The predicted octanol–water partition coefficient (Wildman–Crippen LogP) is 5.49. The van der Waals surface area contributed by atoms with E-state index in [0.29, 0.717) is 33.5 Å². The summed E-state index contributed by atoms with van der Waals surface area (Å²) in [6.07, 6.45) is -7.31. The van der Waals surface area contributed by atoms with Crippen LogP contribution in [0.3, 0.4) is 0 Å². The Balaban J connectivity index is 1.73. The molecule has 0 atom stereocenters. The summed E-state index contributed by atoms with van der Waals surface area (Å²) < 4.78 is 83.9. The highest BCUT2D eigenvalue weighted by Crippen LogP contribution is 2.37. The number of aliphatic imine (C=N–C) groups is 1. The number of benzene rings is 2. The molecule has 1 aliphatic rings. The number of aromatic hydroxyl groups is 1. The van der Waals surface area contributed by atoms with Crippen LogP contribution < -0.4 is 5.76 Å². The van der Waals surface area contributed by atoms with E-state index < -0.39 is 47.2 Å². The van der Waals surface area contributed by atoms with Crippen LogP contribution in [0.1, 0.15) is 28.0 Å². The normalized spacial score (nSPS) is 14.9. The number of hydrogen-bond acceptors (Lipinski definition) is 4. The van der Waals surface area contributed by atoms with Crippen molar-refractivity contribution in [3.05, 3.63) is 81.0 Å². The molecule has 0 unspecified atom stereocenters. The van der Waals surface area contributed by atoms with Crippen molar-refractivity contribution in [3.8, 4) is 5.88 Å². The van der Waals surface area contributed by atoms with Crippen molar-refractivity contribution in [1.29, 1.82) is 0 Å². The largest absolute Gasteiger partial charge is 0.492 e. The third-order valence-electron chi connectivity index (χ3n) is 4.73. The first-order chi connectivity index (χ1) is 14.9. The molecule has 4 rings (SSSR count). The van der Waals surface area contributed by atoms with Crippen LogP contribution in [0.5, 0.6) is 5.88 Å². The van der Waals surface area contributed by atoms with Crippen LogP contribution in [-0.4, -0.2) is 15.9 Å². The van der Waals surface area contributed by atoms with E-state index in [1.807, 2.05) is 0 Å². The maximum atomic E-state index is 13.1. The van der Waals surface area contributed by atoms with Gasteiger partial charge in [-0.3, -0.25) is 4.99 Å². The third-order valence-corrected chi connectivity index (χ3v) is 4.73. The number of alkyl halides is 6. The fourth-order valence-electron chi connectivity index (χ4n) is 3.24. The van der Waals surface area contributed by atoms with Gasteiger partial charge < -0.3 is 9.52 Å². The van der Waals surface area contributed by atoms with Gasteiger partial charge in [-0.05, 0) is 35.9 Å². The third kappa shape index (κ3) is 4.05. The van der Waals surface area contributed by atoms with Crippen molar-refractivity contribution < 1.29 is 35.9 Å². The Labute approximate surface area is 175 Å². The molecule has 0 saturated carbocycles. The standard InChI is InChI=1S/C21H12F6N2O3/c22-20(23,24)13-5-11(6-14(8-13)21(25,26)27)10-29-18(30)17(32-19(29)31)7-12-9-28-16-4-2-1-3-15(12)16/h1-9,30H,10H2/b12-7+. The molecular weight excluding hydrogens is 442 g/mol. The molecule has 2 aromatic carbocycles. The monoisotopic (exact) mass is 454 g/mol. The molecule has 166 valence electrons. The van der Waals surface area contributed by atoms with E-state index >= 15 is 0 Å². The van der Waals surface area contributed by atoms with Crippen LogP contribution in [0, 0.1) is 0 Å². The summed E-state index contributed by atoms with van der Waals surface area (Å²) in [5.74, 6) is -2.20. The first kappa shape index (κ1) is 21.5. The first-order valence-corrected chi connectivity index (χ1v) is 8.99. The Hall–Kier alpha value is -3.76. The summed E-state index contributed by atoms with van der Waals surface area (Å²) in [6, 6.07) is 7.92. The van der Waals surface area contributed by atoms with Gasteiger partial charge in [-0.15, -0.1) is 0 Å². The first-order valence-electron chi connectivity index (χ1n) is 8.99. The summed E-state index contributed by atoms with van der Waals surface area (Å²) in [6.45, 7) is -0.769. The second-order valence-electron chi connectivity index (χ2n) is 6.93. The number of aromatic nitrogens is 1. The molecule has 0 saturated heterocycles. The molecule has 1 aromatic heterocycles. The molecule has 32 heavy (non-hydrogen) atoms. The Bertz CT molecular complexity index is 1280. The summed E-state index contributed by atoms with van der Waals surface area (Å²) in [5, 5.41) is 10.4. The van der Waals surface area contributed by atoms with Gasteiger partial charge in [0.05, 0.1) is 23.4 Å². The van der Waals surface area contributed by atoms with E-state index in [9.17, 15) is 36.2 Å². The maximum Gasteiger partial charge on any atom is 0.422 e. The summed E-state index contributed by atoms with van der Waals surface area (Å²) in [5.41, 5.74) is -1.72. The molecule has 0 aliphatic carbocycles. The van der Waals surface area contributed by atoms with E-state index in [2.05, 4.69) is 4.99 Å². The minimum atomic E-state index is -5.04. The molecule has 1 aliphatic heterocycles. The fraction of sp³-hybridized carbons (Fsp3) is 0.143. The highest BCUT2D eigenvalue weighted by atomic mass is 19.4.